The maximum absolute atomic E-state index is 6.04. The molecular formula is C15H24N4O2. The Balaban J connectivity index is 1.94. The SMILES string of the molecule is CCOC1(c2nc(N)nc(C3CCCC3)n2)CCOCC1. The van der Waals surface area contributed by atoms with Crippen LogP contribution >= 0.6 is 0 Å². The molecule has 0 unspecified atom stereocenters. The molecule has 0 radical (unpaired) electrons. The van der Waals surface area contributed by atoms with Crippen LogP contribution in [0.2, 0.25) is 0 Å². The summed E-state index contributed by atoms with van der Waals surface area (Å²) < 4.78 is 11.5. The Labute approximate surface area is 125 Å². The topological polar surface area (TPSA) is 83.2 Å². The Morgan fingerprint density at radius 1 is 1.19 bits per heavy atom. The van der Waals surface area contributed by atoms with Gasteiger partial charge in [0.2, 0.25) is 5.95 Å². The van der Waals surface area contributed by atoms with Gasteiger partial charge in [-0.15, -0.1) is 0 Å². The molecule has 2 aliphatic rings. The van der Waals surface area contributed by atoms with E-state index in [0.717, 1.165) is 31.5 Å². The standard InChI is InChI=1S/C15H24N4O2/c1-2-21-15(7-9-20-10-8-15)13-17-12(18-14(16)19-13)11-5-3-4-6-11/h11H,2-10H2,1H3,(H2,16,17,18,19). The number of anilines is 1. The van der Waals surface area contributed by atoms with E-state index < -0.39 is 5.60 Å². The smallest absolute Gasteiger partial charge is 0.223 e. The molecule has 1 aliphatic carbocycles. The molecule has 116 valence electrons. The Kier molecular flexibility index (Phi) is 4.35. The number of aromatic nitrogens is 3. The van der Waals surface area contributed by atoms with Crippen molar-refractivity contribution >= 4 is 5.95 Å². The Bertz CT molecular complexity index is 477. The number of rotatable bonds is 4. The predicted molar refractivity (Wildman–Crippen MR) is 78.8 cm³/mol. The number of hydrogen-bond acceptors (Lipinski definition) is 6. The van der Waals surface area contributed by atoms with Gasteiger partial charge in [-0.05, 0) is 19.8 Å². The van der Waals surface area contributed by atoms with Crippen LogP contribution in [0, 0.1) is 0 Å². The van der Waals surface area contributed by atoms with Crippen LogP contribution in [0.15, 0.2) is 0 Å². The molecule has 2 heterocycles. The van der Waals surface area contributed by atoms with E-state index in [4.69, 9.17) is 20.2 Å². The number of ether oxygens (including phenoxy) is 2. The highest BCUT2D eigenvalue weighted by Gasteiger charge is 2.39. The highest BCUT2D eigenvalue weighted by Crippen LogP contribution is 2.37. The average molecular weight is 292 g/mol. The van der Waals surface area contributed by atoms with Gasteiger partial charge >= 0.3 is 0 Å². The second kappa shape index (κ2) is 6.23. The number of nitrogens with two attached hydrogens (primary N) is 1. The summed E-state index contributed by atoms with van der Waals surface area (Å²) in [5, 5.41) is 0. The average Bonchev–Trinajstić information content (AvgIpc) is 3.02. The lowest BCUT2D eigenvalue weighted by Gasteiger charge is -2.35. The first kappa shape index (κ1) is 14.7. The van der Waals surface area contributed by atoms with Crippen LogP contribution in [-0.2, 0) is 15.1 Å². The van der Waals surface area contributed by atoms with E-state index in [1.807, 2.05) is 6.92 Å². The van der Waals surface area contributed by atoms with Crippen molar-refractivity contribution in [3.8, 4) is 0 Å². The van der Waals surface area contributed by atoms with Crippen molar-refractivity contribution in [1.29, 1.82) is 0 Å². The first-order valence-electron chi connectivity index (χ1n) is 7.97. The molecule has 2 N–H and O–H groups in total. The maximum Gasteiger partial charge on any atom is 0.223 e. The van der Waals surface area contributed by atoms with Gasteiger partial charge in [0.15, 0.2) is 5.82 Å². The number of hydrogen-bond donors (Lipinski definition) is 1. The van der Waals surface area contributed by atoms with Gasteiger partial charge in [-0.3, -0.25) is 0 Å². The van der Waals surface area contributed by atoms with Crippen LogP contribution < -0.4 is 5.73 Å². The summed E-state index contributed by atoms with van der Waals surface area (Å²) in [5.74, 6) is 2.28. The normalized spacial score (nSPS) is 22.5. The van der Waals surface area contributed by atoms with E-state index in [2.05, 4.69) is 9.97 Å². The minimum Gasteiger partial charge on any atom is -0.381 e. The van der Waals surface area contributed by atoms with Gasteiger partial charge in [-0.2, -0.15) is 9.97 Å². The van der Waals surface area contributed by atoms with Gasteiger partial charge in [0.25, 0.3) is 0 Å². The summed E-state index contributed by atoms with van der Waals surface area (Å²) in [6.45, 7) is 3.97. The predicted octanol–water partition coefficient (Wildman–Crippen LogP) is 2.15. The lowest BCUT2D eigenvalue weighted by atomic mass is 9.92. The summed E-state index contributed by atoms with van der Waals surface area (Å²) in [6, 6.07) is 0. The fraction of sp³-hybridized carbons (Fsp3) is 0.800. The second-order valence-corrected chi connectivity index (χ2v) is 5.90. The molecule has 2 fully saturated rings. The van der Waals surface area contributed by atoms with Crippen molar-refractivity contribution in [2.24, 2.45) is 0 Å². The fourth-order valence-electron chi connectivity index (χ4n) is 3.39. The van der Waals surface area contributed by atoms with E-state index in [1.54, 1.807) is 0 Å². The van der Waals surface area contributed by atoms with Crippen molar-refractivity contribution in [3.05, 3.63) is 11.6 Å². The Morgan fingerprint density at radius 2 is 1.90 bits per heavy atom. The molecule has 0 aromatic carbocycles. The van der Waals surface area contributed by atoms with Crippen LogP contribution in [0.1, 0.15) is 63.0 Å². The van der Waals surface area contributed by atoms with E-state index in [-0.39, 0.29) is 0 Å². The second-order valence-electron chi connectivity index (χ2n) is 5.90. The van der Waals surface area contributed by atoms with Crippen LogP contribution in [0.25, 0.3) is 0 Å². The molecule has 6 nitrogen and oxygen atoms in total. The highest BCUT2D eigenvalue weighted by molar-refractivity contribution is 5.21. The molecule has 0 amide bonds. The molecule has 6 heteroatoms. The lowest BCUT2D eigenvalue weighted by Crippen LogP contribution is -2.39. The minimum atomic E-state index is -0.461. The molecule has 3 rings (SSSR count). The summed E-state index contributed by atoms with van der Waals surface area (Å²) in [4.78, 5) is 13.5. The molecule has 1 aromatic heterocycles. The number of nitrogens with zero attached hydrogens (tertiary/aromatic N) is 3. The zero-order valence-corrected chi connectivity index (χ0v) is 12.7. The zero-order valence-electron chi connectivity index (χ0n) is 12.7. The van der Waals surface area contributed by atoms with Crippen LogP contribution in [0.5, 0.6) is 0 Å². The third kappa shape index (κ3) is 3.01. The van der Waals surface area contributed by atoms with Gasteiger partial charge in [-0.25, -0.2) is 4.98 Å². The van der Waals surface area contributed by atoms with Gasteiger partial charge in [0.1, 0.15) is 11.4 Å². The molecule has 0 spiro atoms. The first-order chi connectivity index (χ1) is 10.2. The van der Waals surface area contributed by atoms with Gasteiger partial charge < -0.3 is 15.2 Å². The summed E-state index contributed by atoms with van der Waals surface area (Å²) in [7, 11) is 0. The molecule has 1 saturated carbocycles. The quantitative estimate of drug-likeness (QED) is 0.915. The van der Waals surface area contributed by atoms with Gasteiger partial charge in [-0.1, -0.05) is 12.8 Å². The number of nitrogen functional groups attached to an aromatic ring is 1. The fourth-order valence-corrected chi connectivity index (χ4v) is 3.39. The van der Waals surface area contributed by atoms with Gasteiger partial charge in [0, 0.05) is 38.6 Å². The molecule has 0 atom stereocenters. The third-order valence-electron chi connectivity index (χ3n) is 4.52. The van der Waals surface area contributed by atoms with Crippen LogP contribution in [0.3, 0.4) is 0 Å². The van der Waals surface area contributed by atoms with Crippen molar-refractivity contribution in [2.75, 3.05) is 25.6 Å². The van der Waals surface area contributed by atoms with E-state index in [1.165, 1.54) is 12.8 Å². The molecule has 1 saturated heterocycles. The highest BCUT2D eigenvalue weighted by atomic mass is 16.5. The van der Waals surface area contributed by atoms with Gasteiger partial charge in [0.05, 0.1) is 0 Å². The molecule has 1 aromatic rings. The monoisotopic (exact) mass is 292 g/mol. The van der Waals surface area contributed by atoms with E-state index in [9.17, 15) is 0 Å². The van der Waals surface area contributed by atoms with Crippen molar-refractivity contribution < 1.29 is 9.47 Å². The summed E-state index contributed by atoms with van der Waals surface area (Å²) in [6.07, 6.45) is 6.33. The largest absolute Gasteiger partial charge is 0.381 e. The first-order valence-corrected chi connectivity index (χ1v) is 7.97. The Morgan fingerprint density at radius 3 is 2.57 bits per heavy atom. The molecule has 1 aliphatic heterocycles. The third-order valence-corrected chi connectivity index (χ3v) is 4.52. The molecular weight excluding hydrogens is 268 g/mol. The van der Waals surface area contributed by atoms with Crippen LogP contribution in [-0.4, -0.2) is 34.8 Å². The van der Waals surface area contributed by atoms with E-state index >= 15 is 0 Å². The van der Waals surface area contributed by atoms with Crippen molar-refractivity contribution in [3.63, 3.8) is 0 Å². The Hall–Kier alpha value is -1.27. The zero-order chi connectivity index (χ0) is 14.7. The maximum atomic E-state index is 6.04. The summed E-state index contributed by atoms with van der Waals surface area (Å²) in [5.41, 5.74) is 5.48. The minimum absolute atomic E-state index is 0.312. The summed E-state index contributed by atoms with van der Waals surface area (Å²) >= 11 is 0. The van der Waals surface area contributed by atoms with Crippen molar-refractivity contribution in [1.82, 2.24) is 15.0 Å². The van der Waals surface area contributed by atoms with Crippen LogP contribution in [0.4, 0.5) is 5.95 Å². The van der Waals surface area contributed by atoms with Crippen molar-refractivity contribution in [2.45, 2.75) is 57.0 Å². The van der Waals surface area contributed by atoms with E-state index in [0.29, 0.717) is 37.5 Å². The lowest BCUT2D eigenvalue weighted by molar-refractivity contribution is -0.118. The molecule has 21 heavy (non-hydrogen) atoms. The molecule has 0 bridgehead atoms.